The second-order valence-corrected chi connectivity index (χ2v) is 5.97. The van der Waals surface area contributed by atoms with Crippen LogP contribution in [0.1, 0.15) is 34.1 Å². The van der Waals surface area contributed by atoms with Gasteiger partial charge >= 0.3 is 0 Å². The van der Waals surface area contributed by atoms with E-state index in [1.54, 1.807) is 11.3 Å². The minimum Gasteiger partial charge on any atom is -0.309 e. The van der Waals surface area contributed by atoms with Crippen LogP contribution in [0.5, 0.6) is 0 Å². The summed E-state index contributed by atoms with van der Waals surface area (Å²) in [6.45, 7) is 7.12. The molecular formula is C15H19FN2S. The van der Waals surface area contributed by atoms with E-state index in [2.05, 4.69) is 24.1 Å². The molecule has 19 heavy (non-hydrogen) atoms. The van der Waals surface area contributed by atoms with Gasteiger partial charge < -0.3 is 5.32 Å². The van der Waals surface area contributed by atoms with Gasteiger partial charge in [-0.05, 0) is 51.4 Å². The number of nitrogens with zero attached hydrogens (tertiary/aromatic N) is 1. The predicted octanol–water partition coefficient (Wildman–Crippen LogP) is 3.79. The zero-order valence-corrected chi connectivity index (χ0v) is 12.4. The van der Waals surface area contributed by atoms with Crippen molar-refractivity contribution in [2.24, 2.45) is 0 Å². The standard InChI is InChI=1S/C15H19FN2S/c1-10(15-11(2)18-12(3)19-15)17-9-8-13-4-6-14(16)7-5-13/h4-7,10,17H,8-9H2,1-3H3. The van der Waals surface area contributed by atoms with Gasteiger partial charge in [0.2, 0.25) is 0 Å². The Bertz CT molecular complexity index is 534. The lowest BCUT2D eigenvalue weighted by Crippen LogP contribution is -2.21. The normalized spacial score (nSPS) is 12.6. The molecule has 1 heterocycles. The molecule has 0 aliphatic heterocycles. The van der Waals surface area contributed by atoms with Gasteiger partial charge in [0.05, 0.1) is 10.7 Å². The molecule has 0 radical (unpaired) electrons. The molecule has 0 aliphatic rings. The van der Waals surface area contributed by atoms with E-state index in [1.165, 1.54) is 17.0 Å². The van der Waals surface area contributed by atoms with Gasteiger partial charge in [0.1, 0.15) is 5.82 Å². The molecule has 0 spiro atoms. The third kappa shape index (κ3) is 3.85. The summed E-state index contributed by atoms with van der Waals surface area (Å²) in [6.07, 6.45) is 0.904. The first-order valence-electron chi connectivity index (χ1n) is 6.48. The monoisotopic (exact) mass is 278 g/mol. The van der Waals surface area contributed by atoms with Crippen molar-refractivity contribution in [2.75, 3.05) is 6.54 Å². The van der Waals surface area contributed by atoms with Gasteiger partial charge in [0, 0.05) is 10.9 Å². The van der Waals surface area contributed by atoms with Crippen molar-refractivity contribution >= 4 is 11.3 Å². The highest BCUT2D eigenvalue weighted by Crippen LogP contribution is 2.24. The first kappa shape index (κ1) is 14.2. The molecule has 1 atom stereocenters. The van der Waals surface area contributed by atoms with Crippen LogP contribution in [0.4, 0.5) is 4.39 Å². The van der Waals surface area contributed by atoms with Crippen LogP contribution in [0, 0.1) is 19.7 Å². The Balaban J connectivity index is 1.85. The Morgan fingerprint density at radius 1 is 1.26 bits per heavy atom. The summed E-state index contributed by atoms with van der Waals surface area (Å²) in [7, 11) is 0. The molecule has 1 N–H and O–H groups in total. The van der Waals surface area contributed by atoms with E-state index in [-0.39, 0.29) is 5.82 Å². The number of benzene rings is 1. The average molecular weight is 278 g/mol. The SMILES string of the molecule is Cc1nc(C)c(C(C)NCCc2ccc(F)cc2)s1. The summed E-state index contributed by atoms with van der Waals surface area (Å²) in [6, 6.07) is 7.00. The lowest BCUT2D eigenvalue weighted by molar-refractivity contribution is 0.580. The largest absolute Gasteiger partial charge is 0.309 e. The van der Waals surface area contributed by atoms with Crippen molar-refractivity contribution in [3.05, 3.63) is 51.2 Å². The first-order valence-corrected chi connectivity index (χ1v) is 7.29. The first-order chi connectivity index (χ1) is 9.06. The minimum atomic E-state index is -0.180. The van der Waals surface area contributed by atoms with Crippen molar-refractivity contribution in [1.82, 2.24) is 10.3 Å². The summed E-state index contributed by atoms with van der Waals surface area (Å²) in [5.41, 5.74) is 2.27. The van der Waals surface area contributed by atoms with E-state index in [1.807, 2.05) is 19.1 Å². The summed E-state index contributed by atoms with van der Waals surface area (Å²) < 4.78 is 12.8. The second kappa shape index (κ2) is 6.26. The second-order valence-electron chi connectivity index (χ2n) is 4.73. The molecule has 1 aromatic carbocycles. The summed E-state index contributed by atoms with van der Waals surface area (Å²) in [5.74, 6) is -0.180. The third-order valence-electron chi connectivity index (χ3n) is 3.11. The van der Waals surface area contributed by atoms with Crippen molar-refractivity contribution < 1.29 is 4.39 Å². The molecular weight excluding hydrogens is 259 g/mol. The maximum Gasteiger partial charge on any atom is 0.123 e. The van der Waals surface area contributed by atoms with E-state index in [4.69, 9.17) is 0 Å². The van der Waals surface area contributed by atoms with Crippen LogP contribution < -0.4 is 5.32 Å². The van der Waals surface area contributed by atoms with Gasteiger partial charge in [-0.2, -0.15) is 0 Å². The molecule has 2 nitrogen and oxygen atoms in total. The zero-order valence-electron chi connectivity index (χ0n) is 11.5. The van der Waals surface area contributed by atoms with Gasteiger partial charge in [-0.1, -0.05) is 12.1 Å². The van der Waals surface area contributed by atoms with Crippen molar-refractivity contribution in [3.8, 4) is 0 Å². The number of thiazole rings is 1. The zero-order chi connectivity index (χ0) is 13.8. The van der Waals surface area contributed by atoms with Gasteiger partial charge in [-0.15, -0.1) is 11.3 Å². The Morgan fingerprint density at radius 2 is 1.95 bits per heavy atom. The summed E-state index contributed by atoms with van der Waals surface area (Å²) in [4.78, 5) is 5.75. The van der Waals surface area contributed by atoms with Crippen LogP contribution in [-0.4, -0.2) is 11.5 Å². The molecule has 0 bridgehead atoms. The molecule has 1 unspecified atom stereocenters. The number of rotatable bonds is 5. The van der Waals surface area contributed by atoms with Gasteiger partial charge in [-0.25, -0.2) is 9.37 Å². The molecule has 0 aliphatic carbocycles. The fraction of sp³-hybridized carbons (Fsp3) is 0.400. The Morgan fingerprint density at radius 3 is 2.53 bits per heavy atom. The van der Waals surface area contributed by atoms with Crippen molar-refractivity contribution in [2.45, 2.75) is 33.2 Å². The third-order valence-corrected chi connectivity index (χ3v) is 4.37. The fourth-order valence-electron chi connectivity index (χ4n) is 2.13. The van der Waals surface area contributed by atoms with Crippen LogP contribution in [0.3, 0.4) is 0 Å². The predicted molar refractivity (Wildman–Crippen MR) is 78.1 cm³/mol. The van der Waals surface area contributed by atoms with Gasteiger partial charge in [0.25, 0.3) is 0 Å². The maximum absolute atomic E-state index is 12.8. The van der Waals surface area contributed by atoms with E-state index in [9.17, 15) is 4.39 Å². The minimum absolute atomic E-state index is 0.180. The average Bonchev–Trinajstić information content (AvgIpc) is 2.71. The Hall–Kier alpha value is -1.26. The van der Waals surface area contributed by atoms with Crippen LogP contribution >= 0.6 is 11.3 Å². The smallest absolute Gasteiger partial charge is 0.123 e. The molecule has 1 aromatic heterocycles. The highest BCUT2D eigenvalue weighted by Gasteiger charge is 2.11. The number of aromatic nitrogens is 1. The molecule has 0 saturated carbocycles. The van der Waals surface area contributed by atoms with Crippen LogP contribution in [0.2, 0.25) is 0 Å². The molecule has 2 rings (SSSR count). The molecule has 4 heteroatoms. The van der Waals surface area contributed by atoms with E-state index in [0.29, 0.717) is 6.04 Å². The van der Waals surface area contributed by atoms with Crippen LogP contribution in [0.15, 0.2) is 24.3 Å². The Kier molecular flexibility index (Phi) is 4.66. The van der Waals surface area contributed by atoms with Gasteiger partial charge in [0.15, 0.2) is 0 Å². The highest BCUT2D eigenvalue weighted by molar-refractivity contribution is 7.11. The molecule has 0 saturated heterocycles. The Labute approximate surface area is 117 Å². The van der Waals surface area contributed by atoms with E-state index in [0.717, 1.165) is 29.2 Å². The molecule has 2 aromatic rings. The number of hydrogen-bond donors (Lipinski definition) is 1. The molecule has 0 amide bonds. The van der Waals surface area contributed by atoms with E-state index < -0.39 is 0 Å². The van der Waals surface area contributed by atoms with Crippen LogP contribution in [-0.2, 0) is 6.42 Å². The number of aryl methyl sites for hydroxylation is 2. The van der Waals surface area contributed by atoms with Crippen molar-refractivity contribution in [3.63, 3.8) is 0 Å². The maximum atomic E-state index is 12.8. The fourth-order valence-corrected chi connectivity index (χ4v) is 3.08. The molecule has 0 fully saturated rings. The summed E-state index contributed by atoms with van der Waals surface area (Å²) >= 11 is 1.75. The lowest BCUT2D eigenvalue weighted by atomic mass is 10.1. The van der Waals surface area contributed by atoms with Crippen LogP contribution in [0.25, 0.3) is 0 Å². The van der Waals surface area contributed by atoms with Gasteiger partial charge in [-0.3, -0.25) is 0 Å². The quantitative estimate of drug-likeness (QED) is 0.900. The number of hydrogen-bond acceptors (Lipinski definition) is 3. The summed E-state index contributed by atoms with van der Waals surface area (Å²) in [5, 5.41) is 4.60. The number of nitrogens with one attached hydrogen (secondary N) is 1. The lowest BCUT2D eigenvalue weighted by Gasteiger charge is -2.12. The van der Waals surface area contributed by atoms with E-state index >= 15 is 0 Å². The number of halogens is 1. The van der Waals surface area contributed by atoms with Crippen molar-refractivity contribution in [1.29, 1.82) is 0 Å². The topological polar surface area (TPSA) is 24.9 Å². The highest BCUT2D eigenvalue weighted by atomic mass is 32.1. The molecule has 102 valence electrons.